The lowest BCUT2D eigenvalue weighted by Gasteiger charge is -2.07. The van der Waals surface area contributed by atoms with Gasteiger partial charge in [-0.25, -0.2) is 5.43 Å². The fourth-order valence-electron chi connectivity index (χ4n) is 2.10. The number of hydrogen-bond acceptors (Lipinski definition) is 4. The van der Waals surface area contributed by atoms with Crippen molar-refractivity contribution in [3.63, 3.8) is 0 Å². The minimum atomic E-state index is -0.341. The molecule has 0 bridgehead atoms. The summed E-state index contributed by atoms with van der Waals surface area (Å²) in [6, 6.07) is 14.2. The van der Waals surface area contributed by atoms with E-state index in [-0.39, 0.29) is 24.7 Å². The van der Waals surface area contributed by atoms with Crippen molar-refractivity contribution in [2.45, 2.75) is 19.8 Å². The smallest absolute Gasteiger partial charge is 0.240 e. The van der Waals surface area contributed by atoms with Crippen molar-refractivity contribution in [3.05, 3.63) is 59.1 Å². The molecule has 0 aromatic heterocycles. The van der Waals surface area contributed by atoms with Gasteiger partial charge in [-0.1, -0.05) is 23.7 Å². The van der Waals surface area contributed by atoms with E-state index in [1.807, 2.05) is 24.3 Å². The molecule has 0 fully saturated rings. The molecule has 0 atom stereocenters. The Morgan fingerprint density at radius 3 is 2.35 bits per heavy atom. The number of hydrogen-bond donors (Lipinski definition) is 2. The maximum absolute atomic E-state index is 11.9. The molecule has 26 heavy (non-hydrogen) atoms. The van der Waals surface area contributed by atoms with Crippen LogP contribution in [0, 0.1) is 0 Å². The van der Waals surface area contributed by atoms with Gasteiger partial charge in [0.2, 0.25) is 11.8 Å². The third-order valence-electron chi connectivity index (χ3n) is 3.58. The molecule has 2 aromatic rings. The molecule has 0 spiro atoms. The molecule has 0 aliphatic rings. The first-order valence-electron chi connectivity index (χ1n) is 8.01. The second kappa shape index (κ2) is 9.58. The molecule has 0 aliphatic heterocycles. The van der Waals surface area contributed by atoms with Crippen molar-refractivity contribution in [2.75, 3.05) is 12.4 Å². The molecule has 0 radical (unpaired) electrons. The number of methoxy groups -OCH3 is 1. The minimum absolute atomic E-state index is 0.0235. The van der Waals surface area contributed by atoms with Crippen LogP contribution < -0.4 is 15.5 Å². The van der Waals surface area contributed by atoms with Crippen LogP contribution >= 0.6 is 11.6 Å². The molecule has 2 N–H and O–H groups in total. The van der Waals surface area contributed by atoms with Crippen molar-refractivity contribution >= 4 is 34.8 Å². The Bertz CT molecular complexity index is 804. The van der Waals surface area contributed by atoms with E-state index in [0.717, 1.165) is 11.3 Å². The van der Waals surface area contributed by atoms with E-state index in [9.17, 15) is 9.59 Å². The molecule has 2 aromatic carbocycles. The van der Waals surface area contributed by atoms with Gasteiger partial charge in [-0.3, -0.25) is 9.59 Å². The van der Waals surface area contributed by atoms with Crippen molar-refractivity contribution in [1.82, 2.24) is 5.43 Å². The molecule has 0 heterocycles. The average molecular weight is 374 g/mol. The molecule has 0 aliphatic carbocycles. The lowest BCUT2D eigenvalue weighted by Crippen LogP contribution is -2.21. The summed E-state index contributed by atoms with van der Waals surface area (Å²) in [4.78, 5) is 23.8. The van der Waals surface area contributed by atoms with Crippen LogP contribution in [0.25, 0.3) is 0 Å². The van der Waals surface area contributed by atoms with Crippen molar-refractivity contribution in [2.24, 2.45) is 5.10 Å². The lowest BCUT2D eigenvalue weighted by molar-refractivity contribution is -0.124. The molecule has 0 saturated heterocycles. The maximum Gasteiger partial charge on any atom is 0.240 e. The van der Waals surface area contributed by atoms with Gasteiger partial charge in [0.25, 0.3) is 0 Å². The number of benzene rings is 2. The monoisotopic (exact) mass is 373 g/mol. The van der Waals surface area contributed by atoms with Crippen LogP contribution in [0.1, 0.15) is 25.3 Å². The van der Waals surface area contributed by atoms with E-state index in [1.165, 1.54) is 0 Å². The van der Waals surface area contributed by atoms with Gasteiger partial charge in [-0.2, -0.15) is 5.10 Å². The number of hydrazone groups is 1. The zero-order chi connectivity index (χ0) is 18.9. The average Bonchev–Trinajstić information content (AvgIpc) is 2.66. The van der Waals surface area contributed by atoms with Crippen LogP contribution in [0.15, 0.2) is 53.6 Å². The van der Waals surface area contributed by atoms with Crippen LogP contribution in [0.5, 0.6) is 5.75 Å². The van der Waals surface area contributed by atoms with E-state index in [2.05, 4.69) is 15.8 Å². The number of carbonyl (C=O) groups excluding carboxylic acids is 2. The van der Waals surface area contributed by atoms with Crippen LogP contribution in [0.4, 0.5) is 5.69 Å². The van der Waals surface area contributed by atoms with E-state index < -0.39 is 0 Å². The third kappa shape index (κ3) is 5.89. The molecule has 0 unspecified atom stereocenters. The van der Waals surface area contributed by atoms with Gasteiger partial charge in [-0.15, -0.1) is 0 Å². The first-order chi connectivity index (χ1) is 12.5. The zero-order valence-electron chi connectivity index (χ0n) is 14.6. The summed E-state index contributed by atoms with van der Waals surface area (Å²) in [5.41, 5.74) is 4.49. The number of rotatable bonds is 7. The number of nitrogens with zero attached hydrogens (tertiary/aromatic N) is 1. The Morgan fingerprint density at radius 2 is 1.69 bits per heavy atom. The third-order valence-corrected chi connectivity index (χ3v) is 3.91. The molecule has 2 rings (SSSR count). The molecular formula is C19H20ClN3O3. The van der Waals surface area contributed by atoms with E-state index >= 15 is 0 Å². The van der Waals surface area contributed by atoms with Gasteiger partial charge in [0, 0.05) is 12.8 Å². The fraction of sp³-hybridized carbons (Fsp3) is 0.211. The second-order valence-corrected chi connectivity index (χ2v) is 5.90. The van der Waals surface area contributed by atoms with E-state index in [4.69, 9.17) is 16.3 Å². The Balaban J connectivity index is 1.80. The number of ether oxygens (including phenoxy) is 1. The summed E-state index contributed by atoms with van der Waals surface area (Å²) >= 11 is 5.97. The predicted molar refractivity (Wildman–Crippen MR) is 103 cm³/mol. The molecule has 0 saturated carbocycles. The summed E-state index contributed by atoms with van der Waals surface area (Å²) in [6.07, 6.45) is 0.0594. The minimum Gasteiger partial charge on any atom is -0.497 e. The lowest BCUT2D eigenvalue weighted by atomic mass is 10.1. The first-order valence-corrected chi connectivity index (χ1v) is 8.39. The number of para-hydroxylation sites is 1. The first kappa shape index (κ1) is 19.5. The standard InChI is InChI=1S/C19H20ClN3O3/c1-13(14-7-9-15(26-2)10-8-14)22-23-19(25)12-11-18(24)21-17-6-4-3-5-16(17)20/h3-10H,11-12H2,1-2H3,(H,21,24)(H,23,25)/b22-13-. The van der Waals surface area contributed by atoms with E-state index in [0.29, 0.717) is 16.4 Å². The van der Waals surface area contributed by atoms with Crippen molar-refractivity contribution in [1.29, 1.82) is 0 Å². The van der Waals surface area contributed by atoms with Gasteiger partial charge < -0.3 is 10.1 Å². The quantitative estimate of drug-likeness (QED) is 0.574. The Morgan fingerprint density at radius 1 is 1.04 bits per heavy atom. The highest BCUT2D eigenvalue weighted by molar-refractivity contribution is 6.33. The molecule has 2 amide bonds. The van der Waals surface area contributed by atoms with Crippen molar-refractivity contribution < 1.29 is 14.3 Å². The van der Waals surface area contributed by atoms with Crippen LogP contribution in [-0.2, 0) is 9.59 Å². The SMILES string of the molecule is COc1ccc(/C(C)=N\NC(=O)CCC(=O)Nc2ccccc2Cl)cc1. The van der Waals surface area contributed by atoms with Gasteiger partial charge >= 0.3 is 0 Å². The number of carbonyl (C=O) groups is 2. The summed E-state index contributed by atoms with van der Waals surface area (Å²) in [7, 11) is 1.60. The Hall–Kier alpha value is -2.86. The highest BCUT2D eigenvalue weighted by Gasteiger charge is 2.09. The van der Waals surface area contributed by atoms with Crippen LogP contribution in [-0.4, -0.2) is 24.6 Å². The predicted octanol–water partition coefficient (Wildman–Crippen LogP) is 3.61. The highest BCUT2D eigenvalue weighted by Crippen LogP contribution is 2.20. The normalized spacial score (nSPS) is 11.0. The summed E-state index contributed by atoms with van der Waals surface area (Å²) in [5.74, 6) is 0.117. The zero-order valence-corrected chi connectivity index (χ0v) is 15.3. The van der Waals surface area contributed by atoms with Gasteiger partial charge in [-0.05, 0) is 48.9 Å². The second-order valence-electron chi connectivity index (χ2n) is 5.49. The summed E-state index contributed by atoms with van der Waals surface area (Å²) in [6.45, 7) is 1.78. The number of anilines is 1. The maximum atomic E-state index is 11.9. The van der Waals surface area contributed by atoms with Crippen LogP contribution in [0.3, 0.4) is 0 Å². The Kier molecular flexibility index (Phi) is 7.17. The molecule has 136 valence electrons. The number of nitrogens with one attached hydrogen (secondary N) is 2. The van der Waals surface area contributed by atoms with Gasteiger partial charge in [0.05, 0.1) is 23.5 Å². The van der Waals surface area contributed by atoms with Gasteiger partial charge in [0.1, 0.15) is 5.75 Å². The number of halogens is 1. The van der Waals surface area contributed by atoms with Crippen LogP contribution in [0.2, 0.25) is 5.02 Å². The van der Waals surface area contributed by atoms with Gasteiger partial charge in [0.15, 0.2) is 0 Å². The fourth-order valence-corrected chi connectivity index (χ4v) is 2.28. The number of amides is 2. The molecule has 7 heteroatoms. The molecular weight excluding hydrogens is 354 g/mol. The topological polar surface area (TPSA) is 79.8 Å². The van der Waals surface area contributed by atoms with Crippen molar-refractivity contribution in [3.8, 4) is 5.75 Å². The molecule has 6 nitrogen and oxygen atoms in total. The van der Waals surface area contributed by atoms with E-state index in [1.54, 1.807) is 38.3 Å². The largest absolute Gasteiger partial charge is 0.497 e. The summed E-state index contributed by atoms with van der Waals surface area (Å²) in [5, 5.41) is 7.17. The Labute approximate surface area is 157 Å². The highest BCUT2D eigenvalue weighted by atomic mass is 35.5. The summed E-state index contributed by atoms with van der Waals surface area (Å²) < 4.78 is 5.10.